The minimum absolute atomic E-state index is 0.236. The minimum Gasteiger partial charge on any atom is -0.492 e. The molecule has 0 radical (unpaired) electrons. The molecule has 0 saturated heterocycles. The highest BCUT2D eigenvalue weighted by Crippen LogP contribution is 2.12. The van der Waals surface area contributed by atoms with Crippen LogP contribution in [0, 0.1) is 0 Å². The molecule has 2 N–H and O–H groups in total. The molecule has 6 nitrogen and oxygen atoms in total. The largest absolute Gasteiger partial charge is 0.492 e. The predicted octanol–water partition coefficient (Wildman–Crippen LogP) is 1.64. The number of rotatable bonds is 9. The van der Waals surface area contributed by atoms with Gasteiger partial charge in [-0.3, -0.25) is 4.68 Å². The average Bonchev–Trinajstić information content (AvgIpc) is 3.00. The number of nitrogens with one attached hydrogen (secondary N) is 1. The molecular formula is C15H19N3O3. The third-order valence-electron chi connectivity index (χ3n) is 2.93. The van der Waals surface area contributed by atoms with Crippen molar-refractivity contribution in [1.29, 1.82) is 0 Å². The van der Waals surface area contributed by atoms with E-state index in [4.69, 9.17) is 9.84 Å². The molecule has 0 atom stereocenters. The molecule has 0 aliphatic carbocycles. The van der Waals surface area contributed by atoms with E-state index in [9.17, 15) is 4.79 Å². The first-order valence-electron chi connectivity index (χ1n) is 6.90. The molecule has 0 spiro atoms. The van der Waals surface area contributed by atoms with Crippen molar-refractivity contribution >= 4 is 5.97 Å². The summed E-state index contributed by atoms with van der Waals surface area (Å²) in [6.45, 7) is 3.00. The van der Waals surface area contributed by atoms with Gasteiger partial charge < -0.3 is 15.2 Å². The molecular weight excluding hydrogens is 270 g/mol. The van der Waals surface area contributed by atoms with Crippen LogP contribution in [0.3, 0.4) is 0 Å². The van der Waals surface area contributed by atoms with E-state index in [0.717, 1.165) is 26.1 Å². The Labute approximate surface area is 123 Å². The zero-order valence-corrected chi connectivity index (χ0v) is 11.7. The van der Waals surface area contributed by atoms with Crippen molar-refractivity contribution in [3.05, 3.63) is 48.3 Å². The molecule has 0 amide bonds. The molecule has 1 aromatic heterocycles. The van der Waals surface area contributed by atoms with Gasteiger partial charge in [0.1, 0.15) is 12.4 Å². The molecule has 0 saturated carbocycles. The number of nitrogens with zero attached hydrogens (tertiary/aromatic N) is 2. The summed E-state index contributed by atoms with van der Waals surface area (Å²) in [5.41, 5.74) is 0.236. The summed E-state index contributed by atoms with van der Waals surface area (Å²) < 4.78 is 7.40. The van der Waals surface area contributed by atoms with Crippen molar-refractivity contribution in [1.82, 2.24) is 15.1 Å². The Morgan fingerprint density at radius 2 is 2.24 bits per heavy atom. The van der Waals surface area contributed by atoms with Crippen LogP contribution in [-0.4, -0.2) is 40.6 Å². The summed E-state index contributed by atoms with van der Waals surface area (Å²) >= 11 is 0. The molecule has 0 bridgehead atoms. The quantitative estimate of drug-likeness (QED) is 0.686. The molecule has 2 aromatic rings. The van der Waals surface area contributed by atoms with E-state index in [1.807, 2.05) is 16.9 Å². The average molecular weight is 289 g/mol. The third-order valence-corrected chi connectivity index (χ3v) is 2.93. The summed E-state index contributed by atoms with van der Waals surface area (Å²) in [6, 6.07) is 8.41. The van der Waals surface area contributed by atoms with Gasteiger partial charge in [0, 0.05) is 25.5 Å². The van der Waals surface area contributed by atoms with E-state index in [-0.39, 0.29) is 5.56 Å². The Kier molecular flexibility index (Phi) is 5.78. The highest BCUT2D eigenvalue weighted by atomic mass is 16.5. The van der Waals surface area contributed by atoms with Crippen LogP contribution < -0.4 is 10.1 Å². The van der Waals surface area contributed by atoms with Crippen LogP contribution in [-0.2, 0) is 6.54 Å². The zero-order valence-electron chi connectivity index (χ0n) is 11.7. The summed E-state index contributed by atoms with van der Waals surface area (Å²) in [6.07, 6.45) is 4.71. The van der Waals surface area contributed by atoms with Crippen LogP contribution in [0.4, 0.5) is 0 Å². The molecule has 2 rings (SSSR count). The molecule has 0 fully saturated rings. The number of hydrogen-bond acceptors (Lipinski definition) is 4. The number of aromatic carboxylic acids is 1. The molecule has 1 aromatic carbocycles. The van der Waals surface area contributed by atoms with Crippen molar-refractivity contribution in [2.24, 2.45) is 0 Å². The number of carboxylic acids is 1. The second kappa shape index (κ2) is 8.06. The SMILES string of the molecule is O=C(O)c1cccc(OCCNCCCn2cccn2)c1. The Balaban J connectivity index is 1.57. The van der Waals surface area contributed by atoms with Gasteiger partial charge in [0.05, 0.1) is 5.56 Å². The number of ether oxygens (including phenoxy) is 1. The number of aryl methyl sites for hydroxylation is 1. The summed E-state index contributed by atoms with van der Waals surface area (Å²) in [5, 5.41) is 16.3. The minimum atomic E-state index is -0.947. The van der Waals surface area contributed by atoms with E-state index in [1.165, 1.54) is 6.07 Å². The van der Waals surface area contributed by atoms with Crippen molar-refractivity contribution < 1.29 is 14.6 Å². The number of aromatic nitrogens is 2. The van der Waals surface area contributed by atoms with Crippen molar-refractivity contribution in [3.63, 3.8) is 0 Å². The van der Waals surface area contributed by atoms with Crippen molar-refractivity contribution in [2.45, 2.75) is 13.0 Å². The van der Waals surface area contributed by atoms with Crippen molar-refractivity contribution in [3.8, 4) is 5.75 Å². The van der Waals surface area contributed by atoms with E-state index < -0.39 is 5.97 Å². The van der Waals surface area contributed by atoms with Crippen LogP contribution in [0.25, 0.3) is 0 Å². The van der Waals surface area contributed by atoms with Gasteiger partial charge in [0.25, 0.3) is 0 Å². The Morgan fingerprint density at radius 3 is 3.00 bits per heavy atom. The normalized spacial score (nSPS) is 10.5. The molecule has 6 heteroatoms. The van der Waals surface area contributed by atoms with E-state index in [2.05, 4.69) is 10.4 Å². The third kappa shape index (κ3) is 5.27. The molecule has 112 valence electrons. The number of hydrogen-bond donors (Lipinski definition) is 2. The van der Waals surface area contributed by atoms with Crippen LogP contribution in [0.5, 0.6) is 5.75 Å². The summed E-state index contributed by atoms with van der Waals surface area (Å²) in [5.74, 6) is -0.370. The van der Waals surface area contributed by atoms with Gasteiger partial charge in [0.2, 0.25) is 0 Å². The predicted molar refractivity (Wildman–Crippen MR) is 78.6 cm³/mol. The lowest BCUT2D eigenvalue weighted by Gasteiger charge is -2.08. The van der Waals surface area contributed by atoms with Crippen molar-refractivity contribution in [2.75, 3.05) is 19.7 Å². The second-order valence-corrected chi connectivity index (χ2v) is 4.55. The fourth-order valence-corrected chi connectivity index (χ4v) is 1.88. The second-order valence-electron chi connectivity index (χ2n) is 4.55. The topological polar surface area (TPSA) is 76.4 Å². The van der Waals surface area contributed by atoms with Gasteiger partial charge in [0.15, 0.2) is 0 Å². The lowest BCUT2D eigenvalue weighted by Crippen LogP contribution is -2.23. The monoisotopic (exact) mass is 289 g/mol. The lowest BCUT2D eigenvalue weighted by atomic mass is 10.2. The van der Waals surface area contributed by atoms with Gasteiger partial charge in [-0.05, 0) is 37.2 Å². The smallest absolute Gasteiger partial charge is 0.335 e. The van der Waals surface area contributed by atoms with Gasteiger partial charge in [-0.2, -0.15) is 5.10 Å². The Bertz CT molecular complexity index is 555. The van der Waals surface area contributed by atoms with Crippen LogP contribution >= 0.6 is 0 Å². The van der Waals surface area contributed by atoms with E-state index in [0.29, 0.717) is 12.4 Å². The van der Waals surface area contributed by atoms with E-state index >= 15 is 0 Å². The summed E-state index contributed by atoms with van der Waals surface area (Å²) in [7, 11) is 0. The van der Waals surface area contributed by atoms with Gasteiger partial charge in [-0.1, -0.05) is 6.07 Å². The van der Waals surface area contributed by atoms with Gasteiger partial charge in [-0.15, -0.1) is 0 Å². The number of benzene rings is 1. The highest BCUT2D eigenvalue weighted by molar-refractivity contribution is 5.87. The van der Waals surface area contributed by atoms with Gasteiger partial charge in [-0.25, -0.2) is 4.79 Å². The van der Waals surface area contributed by atoms with E-state index in [1.54, 1.807) is 24.4 Å². The lowest BCUT2D eigenvalue weighted by molar-refractivity contribution is 0.0696. The maximum absolute atomic E-state index is 10.8. The molecule has 21 heavy (non-hydrogen) atoms. The summed E-state index contributed by atoms with van der Waals surface area (Å²) in [4.78, 5) is 10.8. The molecule has 0 aliphatic rings. The maximum Gasteiger partial charge on any atom is 0.335 e. The fourth-order valence-electron chi connectivity index (χ4n) is 1.88. The fraction of sp³-hybridized carbons (Fsp3) is 0.333. The molecule has 1 heterocycles. The first kappa shape index (κ1) is 15.1. The zero-order chi connectivity index (χ0) is 14.9. The van der Waals surface area contributed by atoms with Crippen LogP contribution in [0.2, 0.25) is 0 Å². The standard InChI is InChI=1S/C15H19N3O3/c19-15(20)13-4-1-5-14(12-13)21-11-8-16-6-2-9-18-10-3-7-17-18/h1,3-5,7,10,12,16H,2,6,8-9,11H2,(H,19,20). The highest BCUT2D eigenvalue weighted by Gasteiger charge is 2.03. The van der Waals surface area contributed by atoms with Gasteiger partial charge >= 0.3 is 5.97 Å². The number of carbonyl (C=O) groups is 1. The first-order chi connectivity index (χ1) is 10.3. The first-order valence-corrected chi connectivity index (χ1v) is 6.90. The Morgan fingerprint density at radius 1 is 1.33 bits per heavy atom. The molecule has 0 aliphatic heterocycles. The molecule has 0 unspecified atom stereocenters. The Hall–Kier alpha value is -2.34. The maximum atomic E-state index is 10.8. The van der Waals surface area contributed by atoms with Crippen LogP contribution in [0.1, 0.15) is 16.8 Å². The number of carboxylic acid groups (broad SMARTS) is 1. The van der Waals surface area contributed by atoms with Crippen LogP contribution in [0.15, 0.2) is 42.7 Å².